The Hall–Kier alpha value is -3.33. The molecule has 0 aliphatic heterocycles. The Bertz CT molecular complexity index is 1230. The number of rotatable bonds is 6. The Morgan fingerprint density at radius 1 is 1.31 bits per heavy atom. The quantitative estimate of drug-likeness (QED) is 0.474. The standard InChI is InChI=1S/C20H19N5O3S/c1-3-13-7-4-6-12(2)18(13)21-17(26)11-29-20-23-22-19(27)15-10-14(24-25(15)20)16-8-5-9-28-16/h4-10H,3,11H2,1-2H3,(H,21,26)(H,22,27). The lowest BCUT2D eigenvalue weighted by Gasteiger charge is -2.12. The van der Waals surface area contributed by atoms with Gasteiger partial charge in [-0.1, -0.05) is 36.9 Å². The van der Waals surface area contributed by atoms with E-state index in [9.17, 15) is 9.59 Å². The summed E-state index contributed by atoms with van der Waals surface area (Å²) >= 11 is 1.19. The lowest BCUT2D eigenvalue weighted by molar-refractivity contribution is -0.113. The fourth-order valence-electron chi connectivity index (χ4n) is 3.04. The molecule has 3 aromatic heterocycles. The van der Waals surface area contributed by atoms with Gasteiger partial charge in [0.1, 0.15) is 11.2 Å². The van der Waals surface area contributed by atoms with Crippen LogP contribution in [0.25, 0.3) is 17.0 Å². The average molecular weight is 409 g/mol. The van der Waals surface area contributed by atoms with Gasteiger partial charge >= 0.3 is 0 Å². The molecule has 0 bridgehead atoms. The van der Waals surface area contributed by atoms with E-state index in [1.54, 1.807) is 18.2 Å². The van der Waals surface area contributed by atoms with E-state index >= 15 is 0 Å². The summed E-state index contributed by atoms with van der Waals surface area (Å²) in [5, 5.41) is 14.3. The summed E-state index contributed by atoms with van der Waals surface area (Å²) < 4.78 is 6.78. The van der Waals surface area contributed by atoms with Crippen molar-refractivity contribution in [3.63, 3.8) is 0 Å². The summed E-state index contributed by atoms with van der Waals surface area (Å²) in [6.07, 6.45) is 2.37. The fraction of sp³-hybridized carbons (Fsp3) is 0.200. The number of aryl methyl sites for hydroxylation is 2. The van der Waals surface area contributed by atoms with Crippen LogP contribution >= 0.6 is 11.8 Å². The first kappa shape index (κ1) is 19.0. The van der Waals surface area contributed by atoms with Crippen molar-refractivity contribution in [2.24, 2.45) is 0 Å². The van der Waals surface area contributed by atoms with E-state index in [4.69, 9.17) is 4.42 Å². The van der Waals surface area contributed by atoms with Crippen LogP contribution in [-0.2, 0) is 11.2 Å². The van der Waals surface area contributed by atoms with E-state index < -0.39 is 0 Å². The number of thioether (sulfide) groups is 1. The van der Waals surface area contributed by atoms with Gasteiger partial charge in [0.05, 0.1) is 12.0 Å². The lowest BCUT2D eigenvalue weighted by atomic mass is 10.1. The largest absolute Gasteiger partial charge is 0.463 e. The summed E-state index contributed by atoms with van der Waals surface area (Å²) in [6, 6.07) is 11.1. The van der Waals surface area contributed by atoms with Crippen LogP contribution in [0.15, 0.2) is 57.0 Å². The number of nitrogens with zero attached hydrogens (tertiary/aromatic N) is 3. The Morgan fingerprint density at radius 3 is 2.93 bits per heavy atom. The predicted molar refractivity (Wildman–Crippen MR) is 111 cm³/mol. The number of furan rings is 1. The summed E-state index contributed by atoms with van der Waals surface area (Å²) in [5.74, 6) is 0.522. The maximum absolute atomic E-state index is 12.5. The summed E-state index contributed by atoms with van der Waals surface area (Å²) in [5.41, 5.74) is 3.44. The number of H-pyrrole nitrogens is 1. The molecule has 8 nitrogen and oxygen atoms in total. The second-order valence-electron chi connectivity index (χ2n) is 6.44. The first-order valence-electron chi connectivity index (χ1n) is 9.10. The number of aromatic nitrogens is 4. The van der Waals surface area contributed by atoms with E-state index in [2.05, 4.69) is 27.5 Å². The van der Waals surface area contributed by atoms with Crippen molar-refractivity contribution in [2.45, 2.75) is 25.4 Å². The number of benzene rings is 1. The predicted octanol–water partition coefficient (Wildman–Crippen LogP) is 3.28. The maximum Gasteiger partial charge on any atom is 0.290 e. The molecule has 29 heavy (non-hydrogen) atoms. The molecule has 1 amide bonds. The Kier molecular flexibility index (Phi) is 5.22. The molecule has 148 valence electrons. The van der Waals surface area contributed by atoms with Gasteiger partial charge in [-0.2, -0.15) is 5.10 Å². The molecule has 0 unspecified atom stereocenters. The topological polar surface area (TPSA) is 105 Å². The van der Waals surface area contributed by atoms with Gasteiger partial charge < -0.3 is 9.73 Å². The van der Waals surface area contributed by atoms with E-state index in [-0.39, 0.29) is 17.2 Å². The van der Waals surface area contributed by atoms with E-state index in [1.807, 2.05) is 25.1 Å². The molecule has 9 heteroatoms. The highest BCUT2D eigenvalue weighted by Gasteiger charge is 2.15. The van der Waals surface area contributed by atoms with E-state index in [1.165, 1.54) is 22.5 Å². The first-order valence-corrected chi connectivity index (χ1v) is 10.1. The molecular formula is C20H19N5O3S. The molecule has 2 N–H and O–H groups in total. The molecule has 0 fully saturated rings. The number of para-hydroxylation sites is 1. The molecule has 0 saturated heterocycles. The van der Waals surface area contributed by atoms with Crippen LogP contribution in [0.4, 0.5) is 5.69 Å². The molecule has 0 aliphatic carbocycles. The number of nitrogens with one attached hydrogen (secondary N) is 2. The number of hydrogen-bond donors (Lipinski definition) is 2. The van der Waals surface area contributed by atoms with Crippen molar-refractivity contribution in [3.05, 3.63) is 64.1 Å². The van der Waals surface area contributed by atoms with Crippen LogP contribution in [-0.4, -0.2) is 31.5 Å². The van der Waals surface area contributed by atoms with Crippen LogP contribution in [0.2, 0.25) is 0 Å². The SMILES string of the molecule is CCc1cccc(C)c1NC(=O)CSc1n[nH]c(=O)c2cc(-c3ccco3)nn12. The Labute approximate surface area is 170 Å². The molecule has 1 aromatic carbocycles. The minimum absolute atomic E-state index is 0.127. The Morgan fingerprint density at radius 2 is 2.17 bits per heavy atom. The van der Waals surface area contributed by atoms with E-state index in [0.717, 1.165) is 23.2 Å². The third-order valence-corrected chi connectivity index (χ3v) is 5.42. The highest BCUT2D eigenvalue weighted by atomic mass is 32.2. The number of fused-ring (bicyclic) bond motifs is 1. The zero-order valence-electron chi connectivity index (χ0n) is 15.9. The lowest BCUT2D eigenvalue weighted by Crippen LogP contribution is -2.18. The van der Waals surface area contributed by atoms with Gasteiger partial charge in [-0.3, -0.25) is 9.59 Å². The average Bonchev–Trinajstić information content (AvgIpc) is 3.39. The minimum atomic E-state index is -0.364. The molecule has 4 aromatic rings. The zero-order valence-corrected chi connectivity index (χ0v) is 16.7. The van der Waals surface area contributed by atoms with Crippen molar-refractivity contribution < 1.29 is 9.21 Å². The van der Waals surface area contributed by atoms with Gasteiger partial charge in [-0.25, -0.2) is 9.61 Å². The Balaban J connectivity index is 1.55. The van der Waals surface area contributed by atoms with Crippen molar-refractivity contribution >= 4 is 28.9 Å². The summed E-state index contributed by atoms with van der Waals surface area (Å²) in [4.78, 5) is 24.6. The van der Waals surface area contributed by atoms with Crippen LogP contribution < -0.4 is 10.9 Å². The van der Waals surface area contributed by atoms with Crippen LogP contribution in [0, 0.1) is 6.92 Å². The van der Waals surface area contributed by atoms with Gasteiger partial charge in [-0.05, 0) is 36.6 Å². The highest BCUT2D eigenvalue weighted by molar-refractivity contribution is 7.99. The summed E-state index contributed by atoms with van der Waals surface area (Å²) in [6.45, 7) is 4.02. The van der Waals surface area contributed by atoms with Crippen LogP contribution in [0.5, 0.6) is 0 Å². The molecule has 3 heterocycles. The van der Waals surface area contributed by atoms with Crippen molar-refractivity contribution in [1.29, 1.82) is 0 Å². The van der Waals surface area contributed by atoms with Gasteiger partial charge in [-0.15, -0.1) is 5.10 Å². The minimum Gasteiger partial charge on any atom is -0.463 e. The number of aromatic amines is 1. The number of amides is 1. The number of hydrogen-bond acceptors (Lipinski definition) is 6. The van der Waals surface area contributed by atoms with Gasteiger partial charge in [0.25, 0.3) is 5.56 Å². The molecule has 0 spiro atoms. The zero-order chi connectivity index (χ0) is 20.4. The molecule has 4 rings (SSSR count). The fourth-order valence-corrected chi connectivity index (χ4v) is 3.74. The van der Waals surface area contributed by atoms with Crippen molar-refractivity contribution in [1.82, 2.24) is 19.8 Å². The van der Waals surface area contributed by atoms with Crippen LogP contribution in [0.1, 0.15) is 18.1 Å². The molecule has 0 aliphatic rings. The van der Waals surface area contributed by atoms with Gasteiger partial charge in [0.2, 0.25) is 11.1 Å². The molecular weight excluding hydrogens is 390 g/mol. The second kappa shape index (κ2) is 7.96. The van der Waals surface area contributed by atoms with Crippen molar-refractivity contribution in [2.75, 3.05) is 11.1 Å². The maximum atomic E-state index is 12.5. The summed E-state index contributed by atoms with van der Waals surface area (Å²) in [7, 11) is 0. The third kappa shape index (κ3) is 3.81. The highest BCUT2D eigenvalue weighted by Crippen LogP contribution is 2.24. The van der Waals surface area contributed by atoms with E-state index in [0.29, 0.717) is 22.1 Å². The van der Waals surface area contributed by atoms with Crippen LogP contribution in [0.3, 0.4) is 0 Å². The monoisotopic (exact) mass is 409 g/mol. The number of carbonyl (C=O) groups is 1. The first-order chi connectivity index (χ1) is 14.1. The van der Waals surface area contributed by atoms with Gasteiger partial charge in [0.15, 0.2) is 5.76 Å². The molecule has 0 radical (unpaired) electrons. The third-order valence-electron chi connectivity index (χ3n) is 4.49. The van der Waals surface area contributed by atoms with Crippen molar-refractivity contribution in [3.8, 4) is 11.5 Å². The second-order valence-corrected chi connectivity index (χ2v) is 7.38. The molecule has 0 atom stereocenters. The smallest absolute Gasteiger partial charge is 0.290 e. The van der Waals surface area contributed by atoms with Gasteiger partial charge in [0, 0.05) is 11.8 Å². The normalized spacial score (nSPS) is 11.1. The number of anilines is 1. The molecule has 0 saturated carbocycles. The number of carbonyl (C=O) groups excluding carboxylic acids is 1.